The molecular formula is C12H10F2N2S. The third-order valence-corrected chi connectivity index (χ3v) is 3.10. The van der Waals surface area contributed by atoms with Gasteiger partial charge in [0.2, 0.25) is 0 Å². The number of nitrogen functional groups attached to an aromatic ring is 1. The van der Waals surface area contributed by atoms with Crippen molar-refractivity contribution in [1.29, 1.82) is 0 Å². The lowest BCUT2D eigenvalue weighted by molar-refractivity contribution is 0.552. The average Bonchev–Trinajstić information content (AvgIpc) is 2.26. The number of aryl methyl sites for hydroxylation is 1. The number of aromatic nitrogens is 1. The van der Waals surface area contributed by atoms with E-state index in [0.717, 1.165) is 28.3 Å². The van der Waals surface area contributed by atoms with E-state index in [4.69, 9.17) is 5.73 Å². The van der Waals surface area contributed by atoms with Crippen LogP contribution in [0.15, 0.2) is 40.3 Å². The molecule has 0 radical (unpaired) electrons. The number of pyridine rings is 1. The first-order valence-corrected chi connectivity index (χ1v) is 5.74. The minimum absolute atomic E-state index is 0.0782. The Hall–Kier alpha value is -1.62. The topological polar surface area (TPSA) is 38.9 Å². The van der Waals surface area contributed by atoms with Gasteiger partial charge in [0.1, 0.15) is 5.03 Å². The summed E-state index contributed by atoms with van der Waals surface area (Å²) in [5.41, 5.74) is 6.37. The fourth-order valence-electron chi connectivity index (χ4n) is 1.33. The second-order valence-corrected chi connectivity index (χ2v) is 4.62. The maximum Gasteiger partial charge on any atom is 0.168 e. The largest absolute Gasteiger partial charge is 0.381 e. The third-order valence-electron chi connectivity index (χ3n) is 2.13. The van der Waals surface area contributed by atoms with Crippen molar-refractivity contribution in [2.75, 3.05) is 5.73 Å². The molecule has 2 nitrogen and oxygen atoms in total. The van der Waals surface area contributed by atoms with Crippen LogP contribution in [0.1, 0.15) is 5.56 Å². The Kier molecular flexibility index (Phi) is 3.28. The smallest absolute Gasteiger partial charge is 0.168 e. The summed E-state index contributed by atoms with van der Waals surface area (Å²) >= 11 is 1.12. The van der Waals surface area contributed by atoms with Crippen LogP contribution in [0.2, 0.25) is 0 Å². The second-order valence-electron chi connectivity index (χ2n) is 3.56. The lowest BCUT2D eigenvalue weighted by atomic mass is 10.2. The Morgan fingerprint density at radius 1 is 1.18 bits per heavy atom. The van der Waals surface area contributed by atoms with Crippen LogP contribution in [0, 0.1) is 18.6 Å². The van der Waals surface area contributed by atoms with Gasteiger partial charge in [-0.2, -0.15) is 0 Å². The van der Waals surface area contributed by atoms with Gasteiger partial charge in [-0.1, -0.05) is 29.5 Å². The van der Waals surface area contributed by atoms with Gasteiger partial charge in [0.15, 0.2) is 17.5 Å². The van der Waals surface area contributed by atoms with Gasteiger partial charge >= 0.3 is 0 Å². The molecule has 1 heterocycles. The molecule has 0 bridgehead atoms. The highest BCUT2D eigenvalue weighted by Crippen LogP contribution is 2.29. The van der Waals surface area contributed by atoms with E-state index in [1.54, 1.807) is 0 Å². The van der Waals surface area contributed by atoms with Gasteiger partial charge in [-0.25, -0.2) is 13.8 Å². The van der Waals surface area contributed by atoms with Gasteiger partial charge in [-0.15, -0.1) is 0 Å². The summed E-state index contributed by atoms with van der Waals surface area (Å²) in [6.07, 6.45) is 0. The minimum atomic E-state index is -0.837. The molecule has 5 heteroatoms. The van der Waals surface area contributed by atoms with Gasteiger partial charge in [0, 0.05) is 11.0 Å². The molecular weight excluding hydrogens is 242 g/mol. The lowest BCUT2D eigenvalue weighted by Gasteiger charge is -2.04. The van der Waals surface area contributed by atoms with Gasteiger partial charge < -0.3 is 5.73 Å². The molecule has 1 aromatic carbocycles. The molecule has 0 saturated carbocycles. The number of anilines is 1. The van der Waals surface area contributed by atoms with Crippen LogP contribution >= 0.6 is 11.8 Å². The van der Waals surface area contributed by atoms with E-state index < -0.39 is 11.6 Å². The Bertz CT molecular complexity index is 558. The zero-order valence-electron chi connectivity index (χ0n) is 9.08. The van der Waals surface area contributed by atoms with Crippen LogP contribution in [0.25, 0.3) is 0 Å². The Balaban J connectivity index is 2.33. The summed E-state index contributed by atoms with van der Waals surface area (Å²) in [5, 5.41) is 0.0782. The van der Waals surface area contributed by atoms with Gasteiger partial charge in [-0.3, -0.25) is 0 Å². The van der Waals surface area contributed by atoms with Gasteiger partial charge in [0.25, 0.3) is 0 Å². The molecule has 0 fully saturated rings. The van der Waals surface area contributed by atoms with Crippen molar-refractivity contribution in [3.63, 3.8) is 0 Å². The first kappa shape index (κ1) is 11.9. The molecule has 0 unspecified atom stereocenters. The number of nitrogens with two attached hydrogens (primary N) is 1. The zero-order valence-corrected chi connectivity index (χ0v) is 9.89. The molecule has 0 amide bonds. The van der Waals surface area contributed by atoms with Crippen molar-refractivity contribution < 1.29 is 8.78 Å². The van der Waals surface area contributed by atoms with Crippen LogP contribution in [0.4, 0.5) is 14.6 Å². The summed E-state index contributed by atoms with van der Waals surface area (Å²) in [6, 6.07) is 8.28. The molecule has 88 valence electrons. The van der Waals surface area contributed by atoms with Crippen molar-refractivity contribution in [1.82, 2.24) is 4.98 Å². The number of rotatable bonds is 2. The molecule has 0 aliphatic carbocycles. The molecule has 2 N–H and O–H groups in total. The quantitative estimate of drug-likeness (QED) is 0.890. The van der Waals surface area contributed by atoms with Crippen LogP contribution in [-0.4, -0.2) is 4.98 Å². The summed E-state index contributed by atoms with van der Waals surface area (Å²) in [7, 11) is 0. The van der Waals surface area contributed by atoms with Crippen molar-refractivity contribution in [2.24, 2.45) is 0 Å². The first-order chi connectivity index (χ1) is 8.06. The van der Waals surface area contributed by atoms with Crippen molar-refractivity contribution >= 4 is 17.6 Å². The Morgan fingerprint density at radius 2 is 1.94 bits per heavy atom. The van der Waals surface area contributed by atoms with Crippen molar-refractivity contribution in [2.45, 2.75) is 16.8 Å². The maximum absolute atomic E-state index is 13.4. The predicted octanol–water partition coefficient (Wildman–Crippen LogP) is 3.40. The van der Waals surface area contributed by atoms with Crippen LogP contribution < -0.4 is 5.73 Å². The van der Waals surface area contributed by atoms with E-state index in [0.29, 0.717) is 0 Å². The summed E-state index contributed by atoms with van der Waals surface area (Å²) in [6.45, 7) is 1.94. The van der Waals surface area contributed by atoms with E-state index >= 15 is 0 Å². The first-order valence-electron chi connectivity index (χ1n) is 4.92. The van der Waals surface area contributed by atoms with E-state index in [2.05, 4.69) is 4.98 Å². The van der Waals surface area contributed by atoms with E-state index in [1.165, 1.54) is 0 Å². The summed E-state index contributed by atoms with van der Waals surface area (Å²) in [4.78, 5) is 4.52. The van der Waals surface area contributed by atoms with E-state index in [-0.39, 0.29) is 10.8 Å². The Labute approximate surface area is 102 Å². The average molecular weight is 252 g/mol. The molecule has 0 atom stereocenters. The van der Waals surface area contributed by atoms with E-state index in [9.17, 15) is 8.78 Å². The summed E-state index contributed by atoms with van der Waals surface area (Å²) < 4.78 is 26.4. The number of hydrogen-bond acceptors (Lipinski definition) is 3. The summed E-state index contributed by atoms with van der Waals surface area (Å²) in [5.74, 6) is -1.83. The molecule has 2 rings (SSSR count). The zero-order chi connectivity index (χ0) is 12.4. The predicted molar refractivity (Wildman–Crippen MR) is 63.9 cm³/mol. The second kappa shape index (κ2) is 4.71. The SMILES string of the molecule is Cc1cccc(Sc2nc(N)c(F)cc2F)c1. The highest BCUT2D eigenvalue weighted by atomic mass is 32.2. The van der Waals surface area contributed by atoms with Gasteiger partial charge in [-0.05, 0) is 19.1 Å². The molecule has 0 aliphatic rings. The maximum atomic E-state index is 13.4. The van der Waals surface area contributed by atoms with Crippen LogP contribution in [0.3, 0.4) is 0 Å². The monoisotopic (exact) mass is 252 g/mol. The molecule has 0 spiro atoms. The van der Waals surface area contributed by atoms with Crippen molar-refractivity contribution in [3.8, 4) is 0 Å². The number of benzene rings is 1. The highest BCUT2D eigenvalue weighted by molar-refractivity contribution is 7.99. The fraction of sp³-hybridized carbons (Fsp3) is 0.0833. The highest BCUT2D eigenvalue weighted by Gasteiger charge is 2.11. The molecule has 2 aromatic rings. The van der Waals surface area contributed by atoms with E-state index in [1.807, 2.05) is 31.2 Å². The number of halogens is 2. The minimum Gasteiger partial charge on any atom is -0.381 e. The Morgan fingerprint density at radius 3 is 2.65 bits per heavy atom. The lowest BCUT2D eigenvalue weighted by Crippen LogP contribution is -1.98. The van der Waals surface area contributed by atoms with Crippen molar-refractivity contribution in [3.05, 3.63) is 47.5 Å². The number of hydrogen-bond donors (Lipinski definition) is 1. The normalized spacial score (nSPS) is 10.5. The molecule has 0 saturated heterocycles. The number of nitrogens with zero attached hydrogens (tertiary/aromatic N) is 1. The van der Waals surface area contributed by atoms with Gasteiger partial charge in [0.05, 0.1) is 0 Å². The van der Waals surface area contributed by atoms with Crippen LogP contribution in [-0.2, 0) is 0 Å². The molecule has 1 aromatic heterocycles. The molecule has 0 aliphatic heterocycles. The molecule has 17 heavy (non-hydrogen) atoms. The standard InChI is InChI=1S/C12H10F2N2S/c1-7-3-2-4-8(5-7)17-12-10(14)6-9(13)11(15)16-12/h2-6H,1H3,(H2,15,16). The fourth-order valence-corrected chi connectivity index (χ4v) is 2.24. The van der Waals surface area contributed by atoms with Crippen LogP contribution in [0.5, 0.6) is 0 Å². The third kappa shape index (κ3) is 2.74.